The van der Waals surface area contributed by atoms with Crippen molar-refractivity contribution in [2.45, 2.75) is 17.8 Å². The second-order valence-corrected chi connectivity index (χ2v) is 6.57. The van der Waals surface area contributed by atoms with Gasteiger partial charge in [0.25, 0.3) is 11.4 Å². The van der Waals surface area contributed by atoms with Crippen LogP contribution in [0.2, 0.25) is 0 Å². The van der Waals surface area contributed by atoms with Crippen LogP contribution in [0.5, 0.6) is 5.75 Å². The second kappa shape index (κ2) is 8.00. The highest BCUT2D eigenvalue weighted by atomic mass is 32.2. The first kappa shape index (κ1) is 19.2. The molecule has 0 radical (unpaired) electrons. The van der Waals surface area contributed by atoms with Gasteiger partial charge in [-0.05, 0) is 47.2 Å². The molecule has 0 fully saturated rings. The first-order chi connectivity index (χ1) is 13.4. The van der Waals surface area contributed by atoms with Crippen molar-refractivity contribution in [3.8, 4) is 11.4 Å². The maximum Gasteiger partial charge on any atom is 0.279 e. The average Bonchev–Trinajstić information content (AvgIpc) is 3.15. The van der Waals surface area contributed by atoms with Crippen LogP contribution in [-0.2, 0) is 5.75 Å². The van der Waals surface area contributed by atoms with Crippen LogP contribution in [0.3, 0.4) is 0 Å². The molecule has 0 aliphatic rings. The van der Waals surface area contributed by atoms with Crippen molar-refractivity contribution in [2.24, 2.45) is 0 Å². The van der Waals surface area contributed by atoms with Gasteiger partial charge in [-0.25, -0.2) is 0 Å². The molecule has 3 rings (SSSR count). The molecule has 2 aromatic carbocycles. The predicted molar refractivity (Wildman–Crippen MR) is 99.8 cm³/mol. The monoisotopic (exact) mass is 402 g/mol. The zero-order valence-corrected chi connectivity index (χ0v) is 15.6. The number of rotatable bonds is 7. The van der Waals surface area contributed by atoms with E-state index < -0.39 is 9.85 Å². The fourth-order valence-corrected chi connectivity index (χ4v) is 3.43. The second-order valence-electron chi connectivity index (χ2n) is 5.62. The van der Waals surface area contributed by atoms with E-state index in [0.29, 0.717) is 27.7 Å². The van der Waals surface area contributed by atoms with E-state index in [9.17, 15) is 20.2 Å². The number of benzene rings is 2. The SMILES string of the molecule is COc1ccc(-n2nnnc2SCc2cc([N+](=O)[O-])cc([N+](=O)[O-])c2C)cc1. The fraction of sp³-hybridized carbons (Fsp3) is 0.188. The van der Waals surface area contributed by atoms with Gasteiger partial charge in [0, 0.05) is 17.4 Å². The molecule has 0 bridgehead atoms. The first-order valence-electron chi connectivity index (χ1n) is 7.88. The minimum absolute atomic E-state index is 0.227. The number of non-ortho nitro benzene ring substituents is 1. The molecule has 3 aromatic rings. The van der Waals surface area contributed by atoms with Gasteiger partial charge in [0.1, 0.15) is 5.75 Å². The first-order valence-corrected chi connectivity index (χ1v) is 8.87. The number of hydrogen-bond acceptors (Lipinski definition) is 9. The van der Waals surface area contributed by atoms with Gasteiger partial charge in [0.05, 0.1) is 28.7 Å². The highest BCUT2D eigenvalue weighted by Crippen LogP contribution is 2.32. The number of thioether (sulfide) groups is 1. The minimum atomic E-state index is -0.651. The van der Waals surface area contributed by atoms with Crippen LogP contribution >= 0.6 is 11.8 Å². The van der Waals surface area contributed by atoms with Gasteiger partial charge in [0.15, 0.2) is 0 Å². The Balaban J connectivity index is 1.88. The third-order valence-corrected chi connectivity index (χ3v) is 4.96. The number of nitro groups is 2. The van der Waals surface area contributed by atoms with Crippen LogP contribution in [0.25, 0.3) is 5.69 Å². The maximum atomic E-state index is 11.2. The molecule has 0 aliphatic carbocycles. The lowest BCUT2D eigenvalue weighted by Gasteiger charge is -2.08. The van der Waals surface area contributed by atoms with Gasteiger partial charge < -0.3 is 4.74 Å². The lowest BCUT2D eigenvalue weighted by Crippen LogP contribution is -2.01. The Morgan fingerprint density at radius 3 is 2.46 bits per heavy atom. The van der Waals surface area contributed by atoms with E-state index in [1.807, 2.05) is 0 Å². The van der Waals surface area contributed by atoms with E-state index in [1.54, 1.807) is 38.3 Å². The van der Waals surface area contributed by atoms with Crippen molar-refractivity contribution in [1.29, 1.82) is 0 Å². The summed E-state index contributed by atoms with van der Waals surface area (Å²) in [4.78, 5) is 21.0. The number of ether oxygens (including phenoxy) is 1. The molecule has 0 unspecified atom stereocenters. The molecule has 1 aromatic heterocycles. The van der Waals surface area contributed by atoms with Crippen molar-refractivity contribution in [2.75, 3.05) is 7.11 Å². The van der Waals surface area contributed by atoms with Gasteiger partial charge in [-0.2, -0.15) is 4.68 Å². The Kier molecular flexibility index (Phi) is 5.49. The molecule has 0 spiro atoms. The van der Waals surface area contributed by atoms with E-state index in [-0.39, 0.29) is 17.1 Å². The van der Waals surface area contributed by atoms with Gasteiger partial charge >= 0.3 is 0 Å². The number of nitrogens with zero attached hydrogens (tertiary/aromatic N) is 6. The standard InChI is InChI=1S/C16H14N6O5S/c1-10-11(7-13(21(23)24)8-15(10)22(25)26)9-28-16-17-18-19-20(16)12-3-5-14(27-2)6-4-12/h3-8H,9H2,1-2H3. The van der Waals surface area contributed by atoms with Gasteiger partial charge in [-0.1, -0.05) is 11.8 Å². The Hall–Kier alpha value is -3.54. The van der Waals surface area contributed by atoms with Crippen LogP contribution < -0.4 is 4.74 Å². The normalized spacial score (nSPS) is 10.6. The molecule has 0 saturated carbocycles. The van der Waals surface area contributed by atoms with Crippen LogP contribution in [0.4, 0.5) is 11.4 Å². The van der Waals surface area contributed by atoms with E-state index in [4.69, 9.17) is 4.74 Å². The Labute approximate surface area is 162 Å². The lowest BCUT2D eigenvalue weighted by atomic mass is 10.1. The Morgan fingerprint density at radius 2 is 1.86 bits per heavy atom. The quantitative estimate of drug-likeness (QED) is 0.331. The lowest BCUT2D eigenvalue weighted by molar-refractivity contribution is -0.394. The number of aromatic nitrogens is 4. The molecule has 144 valence electrons. The van der Waals surface area contributed by atoms with Crippen molar-refractivity contribution in [3.63, 3.8) is 0 Å². The number of methoxy groups -OCH3 is 1. The van der Waals surface area contributed by atoms with Crippen LogP contribution in [0, 0.1) is 27.2 Å². The Morgan fingerprint density at radius 1 is 1.14 bits per heavy atom. The molecule has 0 atom stereocenters. The predicted octanol–water partition coefficient (Wildman–Crippen LogP) is 3.09. The number of hydrogen-bond donors (Lipinski definition) is 0. The third kappa shape index (κ3) is 3.91. The highest BCUT2D eigenvalue weighted by molar-refractivity contribution is 7.98. The third-order valence-electron chi connectivity index (χ3n) is 3.99. The van der Waals surface area contributed by atoms with E-state index >= 15 is 0 Å². The summed E-state index contributed by atoms with van der Waals surface area (Å²) >= 11 is 1.22. The van der Waals surface area contributed by atoms with Gasteiger partial charge in [0.2, 0.25) is 5.16 Å². The van der Waals surface area contributed by atoms with Gasteiger partial charge in [-0.3, -0.25) is 20.2 Å². The molecule has 1 heterocycles. The number of tetrazole rings is 1. The summed E-state index contributed by atoms with van der Waals surface area (Å²) in [5.41, 5.74) is 0.916. The smallest absolute Gasteiger partial charge is 0.279 e. The summed E-state index contributed by atoms with van der Waals surface area (Å²) in [6, 6.07) is 9.38. The maximum absolute atomic E-state index is 11.2. The largest absolute Gasteiger partial charge is 0.497 e. The van der Waals surface area contributed by atoms with Gasteiger partial charge in [-0.15, -0.1) is 5.10 Å². The van der Waals surface area contributed by atoms with Crippen molar-refractivity contribution >= 4 is 23.1 Å². The van der Waals surface area contributed by atoms with Crippen molar-refractivity contribution < 1.29 is 14.6 Å². The summed E-state index contributed by atoms with van der Waals surface area (Å²) in [7, 11) is 1.56. The van der Waals surface area contributed by atoms with E-state index in [1.165, 1.54) is 22.5 Å². The van der Waals surface area contributed by atoms with Crippen LogP contribution in [0.1, 0.15) is 11.1 Å². The zero-order valence-electron chi connectivity index (χ0n) is 14.8. The van der Waals surface area contributed by atoms with E-state index in [2.05, 4.69) is 15.5 Å². The molecule has 28 heavy (non-hydrogen) atoms. The molecule has 11 nitrogen and oxygen atoms in total. The molecular weight excluding hydrogens is 388 g/mol. The topological polar surface area (TPSA) is 139 Å². The van der Waals surface area contributed by atoms with Crippen molar-refractivity contribution in [1.82, 2.24) is 20.2 Å². The molecular formula is C16H14N6O5S. The highest BCUT2D eigenvalue weighted by Gasteiger charge is 2.22. The molecule has 12 heteroatoms. The number of nitro benzene ring substituents is 2. The minimum Gasteiger partial charge on any atom is -0.497 e. The molecule has 0 N–H and O–H groups in total. The average molecular weight is 402 g/mol. The molecule has 0 amide bonds. The Bertz CT molecular complexity index is 1040. The summed E-state index contributed by atoms with van der Waals surface area (Å²) in [5.74, 6) is 0.913. The zero-order chi connectivity index (χ0) is 20.3. The van der Waals surface area contributed by atoms with E-state index in [0.717, 1.165) is 6.07 Å². The van der Waals surface area contributed by atoms with Crippen LogP contribution in [0.15, 0.2) is 41.6 Å². The fourth-order valence-electron chi connectivity index (χ4n) is 2.48. The van der Waals surface area contributed by atoms with Crippen LogP contribution in [-0.4, -0.2) is 37.2 Å². The van der Waals surface area contributed by atoms with Crippen molar-refractivity contribution in [3.05, 3.63) is 67.8 Å². The summed E-state index contributed by atoms with van der Waals surface area (Å²) < 4.78 is 6.63. The molecule has 0 saturated heterocycles. The molecule has 0 aliphatic heterocycles. The summed E-state index contributed by atoms with van der Waals surface area (Å²) in [6.45, 7) is 1.56. The summed E-state index contributed by atoms with van der Waals surface area (Å²) in [5, 5.41) is 34.3. The summed E-state index contributed by atoms with van der Waals surface area (Å²) in [6.07, 6.45) is 0.